The maximum Gasteiger partial charge on any atom is 0.272 e. The van der Waals surface area contributed by atoms with E-state index in [2.05, 4.69) is 17.3 Å². The molecule has 1 aliphatic carbocycles. The highest BCUT2D eigenvalue weighted by Crippen LogP contribution is 2.29. The average Bonchev–Trinajstić information content (AvgIpc) is 2.85. The van der Waals surface area contributed by atoms with Gasteiger partial charge in [-0.3, -0.25) is 4.79 Å². The lowest BCUT2D eigenvalue weighted by atomic mass is 9.94. The van der Waals surface area contributed by atoms with Gasteiger partial charge in [0.25, 0.3) is 5.91 Å². The first-order valence-electron chi connectivity index (χ1n) is 7.86. The molecule has 112 valence electrons. The van der Waals surface area contributed by atoms with Crippen LogP contribution in [-0.4, -0.2) is 34.3 Å². The summed E-state index contributed by atoms with van der Waals surface area (Å²) in [6.45, 7) is 0.692. The van der Waals surface area contributed by atoms with Crippen LogP contribution in [-0.2, 0) is 11.2 Å². The Bertz CT molecular complexity index is 521. The molecular formula is C17H22N2O2. The highest BCUT2D eigenvalue weighted by Gasteiger charge is 2.40. The van der Waals surface area contributed by atoms with Crippen molar-refractivity contribution in [1.82, 2.24) is 4.90 Å². The van der Waals surface area contributed by atoms with Crippen LogP contribution >= 0.6 is 0 Å². The molecule has 0 radical (unpaired) electrons. The molecule has 1 aromatic carbocycles. The molecule has 4 nitrogen and oxygen atoms in total. The lowest BCUT2D eigenvalue weighted by Gasteiger charge is -2.30. The van der Waals surface area contributed by atoms with Crippen LogP contribution in [0.4, 0.5) is 0 Å². The van der Waals surface area contributed by atoms with E-state index in [1.54, 1.807) is 0 Å². The number of rotatable bonds is 3. The Hall–Kier alpha value is -1.84. The average molecular weight is 286 g/mol. The molecule has 1 amide bonds. The van der Waals surface area contributed by atoms with E-state index in [0.717, 1.165) is 19.3 Å². The van der Waals surface area contributed by atoms with Crippen LogP contribution in [0.5, 0.6) is 0 Å². The summed E-state index contributed by atoms with van der Waals surface area (Å²) < 4.78 is 0. The third-order valence-electron chi connectivity index (χ3n) is 4.73. The number of oxime groups is 1. The Labute approximate surface area is 125 Å². The van der Waals surface area contributed by atoms with Crippen molar-refractivity contribution in [2.75, 3.05) is 6.54 Å². The van der Waals surface area contributed by atoms with Crippen LogP contribution in [0.3, 0.4) is 0 Å². The molecule has 21 heavy (non-hydrogen) atoms. The van der Waals surface area contributed by atoms with Gasteiger partial charge in [0.15, 0.2) is 0 Å². The summed E-state index contributed by atoms with van der Waals surface area (Å²) in [5, 5.41) is 12.6. The lowest BCUT2D eigenvalue weighted by Crippen LogP contribution is -2.39. The van der Waals surface area contributed by atoms with Crippen molar-refractivity contribution in [1.29, 1.82) is 0 Å². The Balaban J connectivity index is 1.74. The quantitative estimate of drug-likeness (QED) is 0.686. The fraction of sp³-hybridized carbons (Fsp3) is 0.529. The van der Waals surface area contributed by atoms with Crippen molar-refractivity contribution in [2.24, 2.45) is 11.1 Å². The number of benzene rings is 1. The van der Waals surface area contributed by atoms with Crippen molar-refractivity contribution in [3.05, 3.63) is 35.9 Å². The molecule has 2 aliphatic rings. The molecule has 4 heteroatoms. The molecule has 1 aliphatic heterocycles. The van der Waals surface area contributed by atoms with E-state index in [9.17, 15) is 10.0 Å². The Morgan fingerprint density at radius 1 is 1.14 bits per heavy atom. The zero-order chi connectivity index (χ0) is 14.7. The summed E-state index contributed by atoms with van der Waals surface area (Å²) in [4.78, 5) is 14.4. The lowest BCUT2D eigenvalue weighted by molar-refractivity contribution is -0.125. The summed E-state index contributed by atoms with van der Waals surface area (Å²) in [6, 6.07) is 10.4. The van der Waals surface area contributed by atoms with E-state index < -0.39 is 0 Å². The third-order valence-corrected chi connectivity index (χ3v) is 4.73. The number of nitrogens with zero attached hydrogens (tertiary/aromatic N) is 2. The molecule has 1 heterocycles. The fourth-order valence-corrected chi connectivity index (χ4v) is 3.62. The second kappa shape index (κ2) is 6.29. The van der Waals surface area contributed by atoms with Gasteiger partial charge in [-0.05, 0) is 24.8 Å². The molecule has 2 fully saturated rings. The number of hydrogen-bond acceptors (Lipinski definition) is 3. The molecule has 0 spiro atoms. The molecule has 1 aromatic rings. The standard InChI is InChI=1S/C17H22N2O2/c20-17-16(18-21)14(11-13-7-3-1-4-8-13)12-19(17)15-9-5-2-6-10-15/h1,3-4,7-8,14-15,21H,2,5-6,9-12H2/b18-16+/t14-/m1/s1. The summed E-state index contributed by atoms with van der Waals surface area (Å²) >= 11 is 0. The van der Waals surface area contributed by atoms with Gasteiger partial charge in [-0.2, -0.15) is 0 Å². The monoisotopic (exact) mass is 286 g/mol. The number of carbonyl (C=O) groups excluding carboxylic acids is 1. The molecule has 1 N–H and O–H groups in total. The summed E-state index contributed by atoms with van der Waals surface area (Å²) in [5.74, 6) is -0.0582. The van der Waals surface area contributed by atoms with Gasteiger partial charge in [-0.1, -0.05) is 54.8 Å². The maximum absolute atomic E-state index is 12.5. The predicted molar refractivity (Wildman–Crippen MR) is 81.4 cm³/mol. The van der Waals surface area contributed by atoms with Gasteiger partial charge in [0.05, 0.1) is 0 Å². The van der Waals surface area contributed by atoms with Crippen molar-refractivity contribution in [3.63, 3.8) is 0 Å². The summed E-state index contributed by atoms with van der Waals surface area (Å²) in [5.41, 5.74) is 1.52. The van der Waals surface area contributed by atoms with Crippen LogP contribution < -0.4 is 0 Å². The summed E-state index contributed by atoms with van der Waals surface area (Å²) in [7, 11) is 0. The zero-order valence-corrected chi connectivity index (χ0v) is 12.2. The minimum absolute atomic E-state index is 0.00632. The van der Waals surface area contributed by atoms with Crippen LogP contribution in [0.15, 0.2) is 35.5 Å². The van der Waals surface area contributed by atoms with Gasteiger partial charge in [0.1, 0.15) is 5.71 Å². The first-order chi connectivity index (χ1) is 10.3. The van der Waals surface area contributed by atoms with E-state index in [1.807, 2.05) is 23.1 Å². The van der Waals surface area contributed by atoms with Crippen LogP contribution in [0, 0.1) is 5.92 Å². The fourth-order valence-electron chi connectivity index (χ4n) is 3.62. The molecule has 3 rings (SSSR count). The molecule has 1 saturated carbocycles. The highest BCUT2D eigenvalue weighted by atomic mass is 16.4. The Morgan fingerprint density at radius 3 is 2.52 bits per heavy atom. The van der Waals surface area contributed by atoms with E-state index in [1.165, 1.54) is 24.8 Å². The number of carbonyl (C=O) groups is 1. The molecule has 0 unspecified atom stereocenters. The molecule has 0 aromatic heterocycles. The number of likely N-dealkylation sites (tertiary alicyclic amines) is 1. The van der Waals surface area contributed by atoms with Crippen molar-refractivity contribution < 1.29 is 10.0 Å². The SMILES string of the molecule is O=C1/C(=N/O)[C@H](Cc2ccccc2)CN1C1CCCCC1. The van der Waals surface area contributed by atoms with Gasteiger partial charge in [-0.15, -0.1) is 0 Å². The van der Waals surface area contributed by atoms with Gasteiger partial charge < -0.3 is 10.1 Å². The van der Waals surface area contributed by atoms with E-state index >= 15 is 0 Å². The second-order valence-electron chi connectivity index (χ2n) is 6.12. The van der Waals surface area contributed by atoms with Gasteiger partial charge >= 0.3 is 0 Å². The van der Waals surface area contributed by atoms with Gasteiger partial charge in [0, 0.05) is 18.5 Å². The van der Waals surface area contributed by atoms with E-state index in [-0.39, 0.29) is 11.8 Å². The summed E-state index contributed by atoms with van der Waals surface area (Å²) in [6.07, 6.45) is 6.60. The first kappa shape index (κ1) is 14.1. The first-order valence-corrected chi connectivity index (χ1v) is 7.86. The van der Waals surface area contributed by atoms with Crippen LogP contribution in [0.2, 0.25) is 0 Å². The molecule has 1 atom stereocenters. The molecule has 1 saturated heterocycles. The smallest absolute Gasteiger partial charge is 0.272 e. The third kappa shape index (κ3) is 2.94. The Morgan fingerprint density at radius 2 is 1.86 bits per heavy atom. The minimum atomic E-state index is -0.0645. The van der Waals surface area contributed by atoms with E-state index in [4.69, 9.17) is 0 Å². The van der Waals surface area contributed by atoms with Crippen molar-refractivity contribution in [2.45, 2.75) is 44.6 Å². The normalized spacial score (nSPS) is 25.7. The maximum atomic E-state index is 12.5. The number of amides is 1. The van der Waals surface area contributed by atoms with Gasteiger partial charge in [-0.25, -0.2) is 0 Å². The molecular weight excluding hydrogens is 264 g/mol. The van der Waals surface area contributed by atoms with Gasteiger partial charge in [0.2, 0.25) is 0 Å². The van der Waals surface area contributed by atoms with Crippen molar-refractivity contribution >= 4 is 11.6 Å². The Kier molecular flexibility index (Phi) is 4.23. The highest BCUT2D eigenvalue weighted by molar-refractivity contribution is 6.41. The van der Waals surface area contributed by atoms with E-state index in [0.29, 0.717) is 18.3 Å². The largest absolute Gasteiger partial charge is 0.410 e. The topological polar surface area (TPSA) is 52.9 Å². The van der Waals surface area contributed by atoms with Crippen LogP contribution in [0.25, 0.3) is 0 Å². The molecule has 0 bridgehead atoms. The number of hydrogen-bond donors (Lipinski definition) is 1. The zero-order valence-electron chi connectivity index (χ0n) is 12.2. The van der Waals surface area contributed by atoms with Crippen molar-refractivity contribution in [3.8, 4) is 0 Å². The van der Waals surface area contributed by atoms with Crippen LogP contribution in [0.1, 0.15) is 37.7 Å². The second-order valence-corrected chi connectivity index (χ2v) is 6.12. The predicted octanol–water partition coefficient (Wildman–Crippen LogP) is 2.85. The minimum Gasteiger partial charge on any atom is -0.410 e.